The van der Waals surface area contributed by atoms with Crippen molar-refractivity contribution in [3.8, 4) is 0 Å². The average Bonchev–Trinajstić information content (AvgIpc) is 2.36. The van der Waals surface area contributed by atoms with Gasteiger partial charge in [-0.15, -0.1) is 0 Å². The summed E-state index contributed by atoms with van der Waals surface area (Å²) in [7, 11) is -4.03. The second-order valence-corrected chi connectivity index (χ2v) is 6.57. The number of rotatable bonds is 12. The van der Waals surface area contributed by atoms with Crippen LogP contribution in [0.4, 0.5) is 0 Å². The van der Waals surface area contributed by atoms with Crippen LogP contribution in [0.2, 0.25) is 0 Å². The Bertz CT molecular complexity index is 344. The Labute approximate surface area is 122 Å². The summed E-state index contributed by atoms with van der Waals surface area (Å²) in [6.45, 7) is 7.23. The molecule has 0 aliphatic carbocycles. The summed E-state index contributed by atoms with van der Waals surface area (Å²) in [5.74, 6) is -0.660. The number of hydrogen-bond donors (Lipinski definition) is 2. The van der Waals surface area contributed by atoms with Crippen molar-refractivity contribution in [3.05, 3.63) is 12.2 Å². The molecule has 1 unspecified atom stereocenters. The van der Waals surface area contributed by atoms with Crippen LogP contribution in [-0.2, 0) is 13.9 Å². The molecule has 0 aliphatic heterocycles. The molecule has 0 fully saturated rings. The fraction of sp³-hybridized carbons (Fsp3) is 0.786. The SMILES string of the molecule is C=C(C)C(=O)NP(=O)(O)OCCCCCCCCCC. The van der Waals surface area contributed by atoms with Crippen molar-refractivity contribution in [2.45, 2.75) is 65.2 Å². The van der Waals surface area contributed by atoms with Crippen LogP contribution in [0.15, 0.2) is 12.2 Å². The largest absolute Gasteiger partial charge is 0.432 e. The van der Waals surface area contributed by atoms with Gasteiger partial charge in [0, 0.05) is 5.57 Å². The van der Waals surface area contributed by atoms with E-state index in [1.165, 1.54) is 39.0 Å². The Kier molecular flexibility index (Phi) is 10.7. The summed E-state index contributed by atoms with van der Waals surface area (Å²) in [6, 6.07) is 0. The van der Waals surface area contributed by atoms with E-state index in [0.29, 0.717) is 0 Å². The van der Waals surface area contributed by atoms with E-state index in [1.54, 1.807) is 0 Å². The summed E-state index contributed by atoms with van der Waals surface area (Å²) in [4.78, 5) is 20.6. The molecular weight excluding hydrogens is 277 g/mol. The maximum atomic E-state index is 11.5. The molecule has 0 spiro atoms. The molecule has 6 heteroatoms. The van der Waals surface area contributed by atoms with E-state index in [0.717, 1.165) is 19.3 Å². The van der Waals surface area contributed by atoms with Gasteiger partial charge in [-0.1, -0.05) is 58.4 Å². The number of carbonyl (C=O) groups is 1. The quantitative estimate of drug-likeness (QED) is 0.325. The van der Waals surface area contributed by atoms with Gasteiger partial charge in [-0.2, -0.15) is 0 Å². The van der Waals surface area contributed by atoms with Crippen molar-refractivity contribution in [1.82, 2.24) is 5.09 Å². The Balaban J connectivity index is 3.56. The van der Waals surface area contributed by atoms with Gasteiger partial charge < -0.3 is 4.89 Å². The summed E-state index contributed by atoms with van der Waals surface area (Å²) in [5, 5.41) is 1.93. The monoisotopic (exact) mass is 305 g/mol. The molecule has 118 valence electrons. The zero-order valence-corrected chi connectivity index (χ0v) is 13.6. The van der Waals surface area contributed by atoms with Crippen LogP contribution in [0.5, 0.6) is 0 Å². The van der Waals surface area contributed by atoms with E-state index in [2.05, 4.69) is 13.5 Å². The molecular formula is C14H28NO4P. The molecule has 1 amide bonds. The molecule has 0 aromatic carbocycles. The van der Waals surface area contributed by atoms with Crippen molar-refractivity contribution in [3.63, 3.8) is 0 Å². The maximum absolute atomic E-state index is 11.5. The first kappa shape index (κ1) is 19.4. The molecule has 0 aromatic heterocycles. The first-order chi connectivity index (χ1) is 9.39. The highest BCUT2D eigenvalue weighted by Gasteiger charge is 2.22. The Morgan fingerprint density at radius 2 is 1.65 bits per heavy atom. The van der Waals surface area contributed by atoms with Crippen molar-refractivity contribution in [2.75, 3.05) is 6.61 Å². The van der Waals surface area contributed by atoms with Gasteiger partial charge in [0.05, 0.1) is 6.61 Å². The van der Waals surface area contributed by atoms with E-state index in [-0.39, 0.29) is 12.2 Å². The number of carbonyl (C=O) groups excluding carboxylic acids is 1. The lowest BCUT2D eigenvalue weighted by molar-refractivity contribution is -0.116. The van der Waals surface area contributed by atoms with Gasteiger partial charge in [-0.05, 0) is 13.3 Å². The predicted molar refractivity (Wildman–Crippen MR) is 81.3 cm³/mol. The summed E-state index contributed by atoms with van der Waals surface area (Å²) in [5.41, 5.74) is 0.176. The topological polar surface area (TPSA) is 75.6 Å². The fourth-order valence-electron chi connectivity index (χ4n) is 1.68. The normalized spacial score (nSPS) is 13.8. The van der Waals surface area contributed by atoms with Gasteiger partial charge in [0.15, 0.2) is 0 Å². The van der Waals surface area contributed by atoms with Crippen molar-refractivity contribution in [1.29, 1.82) is 0 Å². The van der Waals surface area contributed by atoms with Crippen LogP contribution in [0.25, 0.3) is 0 Å². The van der Waals surface area contributed by atoms with E-state index >= 15 is 0 Å². The second-order valence-electron chi connectivity index (χ2n) is 5.05. The molecule has 0 rings (SSSR count). The number of hydrogen-bond acceptors (Lipinski definition) is 3. The Morgan fingerprint density at radius 3 is 2.15 bits per heavy atom. The molecule has 1 atom stereocenters. The lowest BCUT2D eigenvalue weighted by Gasteiger charge is -2.13. The minimum atomic E-state index is -4.03. The van der Waals surface area contributed by atoms with E-state index in [9.17, 15) is 14.3 Å². The molecule has 0 heterocycles. The van der Waals surface area contributed by atoms with Gasteiger partial charge in [0.1, 0.15) is 0 Å². The highest BCUT2D eigenvalue weighted by molar-refractivity contribution is 7.51. The van der Waals surface area contributed by atoms with Crippen molar-refractivity contribution in [2.24, 2.45) is 0 Å². The standard InChI is InChI=1S/C14H28NO4P/c1-4-5-6-7-8-9-10-11-12-19-20(17,18)15-14(16)13(2)3/h2,4-12H2,1,3H3,(H2,15,16,17,18). The van der Waals surface area contributed by atoms with Gasteiger partial charge in [0.25, 0.3) is 5.91 Å². The third-order valence-corrected chi connectivity index (χ3v) is 3.91. The third kappa shape index (κ3) is 11.2. The van der Waals surface area contributed by atoms with Crippen LogP contribution < -0.4 is 5.09 Å². The smallest absolute Gasteiger partial charge is 0.308 e. The Morgan fingerprint density at radius 1 is 1.15 bits per heavy atom. The number of nitrogens with one attached hydrogen (secondary N) is 1. The predicted octanol–water partition coefficient (Wildman–Crippen LogP) is 3.94. The first-order valence-corrected chi connectivity index (χ1v) is 8.92. The zero-order valence-electron chi connectivity index (χ0n) is 12.7. The minimum absolute atomic E-state index is 0.176. The van der Waals surface area contributed by atoms with Crippen LogP contribution >= 0.6 is 7.75 Å². The van der Waals surface area contributed by atoms with Gasteiger partial charge >= 0.3 is 7.75 Å². The van der Waals surface area contributed by atoms with Gasteiger partial charge in [-0.3, -0.25) is 14.4 Å². The molecule has 2 N–H and O–H groups in total. The zero-order chi connectivity index (χ0) is 15.4. The summed E-state index contributed by atoms with van der Waals surface area (Å²) < 4.78 is 16.3. The number of amides is 1. The van der Waals surface area contributed by atoms with E-state index < -0.39 is 13.7 Å². The average molecular weight is 305 g/mol. The van der Waals surface area contributed by atoms with E-state index in [1.807, 2.05) is 5.09 Å². The van der Waals surface area contributed by atoms with Crippen LogP contribution in [0.1, 0.15) is 65.2 Å². The van der Waals surface area contributed by atoms with Crippen LogP contribution in [-0.4, -0.2) is 17.4 Å². The lowest BCUT2D eigenvalue weighted by Crippen LogP contribution is -2.21. The van der Waals surface area contributed by atoms with Gasteiger partial charge in [-0.25, -0.2) is 4.57 Å². The lowest BCUT2D eigenvalue weighted by atomic mass is 10.1. The van der Waals surface area contributed by atoms with Gasteiger partial charge in [0.2, 0.25) is 0 Å². The third-order valence-electron chi connectivity index (χ3n) is 2.89. The second kappa shape index (κ2) is 11.1. The minimum Gasteiger partial charge on any atom is -0.308 e. The molecule has 5 nitrogen and oxygen atoms in total. The van der Waals surface area contributed by atoms with Crippen LogP contribution in [0, 0.1) is 0 Å². The summed E-state index contributed by atoms with van der Waals surface area (Å²) >= 11 is 0. The number of unbranched alkanes of at least 4 members (excludes halogenated alkanes) is 7. The molecule has 0 aliphatic rings. The highest BCUT2D eigenvalue weighted by Crippen LogP contribution is 2.37. The highest BCUT2D eigenvalue weighted by atomic mass is 31.2. The van der Waals surface area contributed by atoms with Crippen LogP contribution in [0.3, 0.4) is 0 Å². The fourth-order valence-corrected chi connectivity index (χ4v) is 2.57. The molecule has 0 aromatic rings. The van der Waals surface area contributed by atoms with E-state index in [4.69, 9.17) is 4.52 Å². The summed E-state index contributed by atoms with van der Waals surface area (Å²) in [6.07, 6.45) is 9.08. The molecule has 0 radical (unpaired) electrons. The molecule has 20 heavy (non-hydrogen) atoms. The molecule has 0 saturated heterocycles. The maximum Gasteiger partial charge on any atom is 0.432 e. The Hall–Kier alpha value is -0.640. The molecule has 0 saturated carbocycles. The molecule has 0 bridgehead atoms. The first-order valence-electron chi connectivity index (χ1n) is 7.34. The van der Waals surface area contributed by atoms with Crippen molar-refractivity contribution >= 4 is 13.7 Å². The van der Waals surface area contributed by atoms with Crippen molar-refractivity contribution < 1.29 is 18.8 Å².